The van der Waals surface area contributed by atoms with Crippen LogP contribution in [0.5, 0.6) is 17.2 Å². The topological polar surface area (TPSA) is 52.9 Å². The van der Waals surface area contributed by atoms with Crippen molar-refractivity contribution in [3.63, 3.8) is 0 Å². The predicted octanol–water partition coefficient (Wildman–Crippen LogP) is 5.21. The SMILES string of the molecule is COc1cc2c(cc1OC)CN(C(=O)CCn1ccc3ccc(OCc4ccccc4)cc31)CC2. The van der Waals surface area contributed by atoms with Crippen molar-refractivity contribution in [3.8, 4) is 17.2 Å². The van der Waals surface area contributed by atoms with Gasteiger partial charge in [-0.3, -0.25) is 4.79 Å². The standard InChI is InChI=1S/C29H30N2O4/c1-33-27-16-23-11-14-31(19-24(23)17-28(27)34-2)29(32)12-15-30-13-10-22-8-9-25(18-26(22)30)35-20-21-6-4-3-5-7-21/h3-10,13,16-18H,11-12,14-15,19-20H2,1-2H3. The van der Waals surface area contributed by atoms with E-state index in [1.807, 2.05) is 47.5 Å². The van der Waals surface area contributed by atoms with Crippen LogP contribution in [-0.4, -0.2) is 36.1 Å². The fraction of sp³-hybridized carbons (Fsp3) is 0.276. The number of ether oxygens (including phenoxy) is 3. The number of amides is 1. The lowest BCUT2D eigenvalue weighted by Gasteiger charge is -2.30. The molecule has 1 amide bonds. The molecule has 1 aromatic heterocycles. The first-order valence-electron chi connectivity index (χ1n) is 11.9. The molecule has 1 aliphatic heterocycles. The molecular weight excluding hydrogens is 440 g/mol. The molecule has 5 rings (SSSR count). The molecule has 0 spiro atoms. The molecule has 0 fully saturated rings. The molecule has 0 saturated carbocycles. The maximum atomic E-state index is 13.1. The second-order valence-corrected chi connectivity index (χ2v) is 8.80. The Morgan fingerprint density at radius 1 is 0.914 bits per heavy atom. The fourth-order valence-corrected chi connectivity index (χ4v) is 4.66. The summed E-state index contributed by atoms with van der Waals surface area (Å²) >= 11 is 0. The quantitative estimate of drug-likeness (QED) is 0.355. The maximum absolute atomic E-state index is 13.1. The Morgan fingerprint density at radius 3 is 2.46 bits per heavy atom. The summed E-state index contributed by atoms with van der Waals surface area (Å²) in [6.45, 7) is 2.46. The maximum Gasteiger partial charge on any atom is 0.224 e. The lowest BCUT2D eigenvalue weighted by atomic mass is 9.98. The average Bonchev–Trinajstić information content (AvgIpc) is 3.32. The molecule has 6 heteroatoms. The van der Waals surface area contributed by atoms with Gasteiger partial charge in [-0.1, -0.05) is 30.3 Å². The van der Waals surface area contributed by atoms with Gasteiger partial charge in [-0.2, -0.15) is 0 Å². The van der Waals surface area contributed by atoms with E-state index in [4.69, 9.17) is 14.2 Å². The van der Waals surface area contributed by atoms with Gasteiger partial charge >= 0.3 is 0 Å². The van der Waals surface area contributed by atoms with Crippen LogP contribution in [0.25, 0.3) is 10.9 Å². The first kappa shape index (κ1) is 22.8. The van der Waals surface area contributed by atoms with Crippen molar-refractivity contribution in [2.75, 3.05) is 20.8 Å². The summed E-state index contributed by atoms with van der Waals surface area (Å²) in [6.07, 6.45) is 3.30. The van der Waals surface area contributed by atoms with E-state index in [1.165, 1.54) is 5.56 Å². The smallest absolute Gasteiger partial charge is 0.224 e. The fourth-order valence-electron chi connectivity index (χ4n) is 4.66. The summed E-state index contributed by atoms with van der Waals surface area (Å²) in [5.41, 5.74) is 4.54. The van der Waals surface area contributed by atoms with Gasteiger partial charge in [0.15, 0.2) is 11.5 Å². The minimum Gasteiger partial charge on any atom is -0.493 e. The van der Waals surface area contributed by atoms with Crippen LogP contribution < -0.4 is 14.2 Å². The highest BCUT2D eigenvalue weighted by atomic mass is 16.5. The number of aromatic nitrogens is 1. The van der Waals surface area contributed by atoms with Gasteiger partial charge < -0.3 is 23.7 Å². The summed E-state index contributed by atoms with van der Waals surface area (Å²) in [5, 5.41) is 1.14. The van der Waals surface area contributed by atoms with E-state index in [0.29, 0.717) is 38.4 Å². The lowest BCUT2D eigenvalue weighted by Crippen LogP contribution is -2.36. The van der Waals surface area contributed by atoms with Crippen molar-refractivity contribution in [1.82, 2.24) is 9.47 Å². The largest absolute Gasteiger partial charge is 0.493 e. The van der Waals surface area contributed by atoms with Gasteiger partial charge in [0.05, 0.1) is 19.7 Å². The third-order valence-electron chi connectivity index (χ3n) is 6.63. The number of carbonyl (C=O) groups is 1. The average molecular weight is 471 g/mol. The van der Waals surface area contributed by atoms with Crippen LogP contribution in [0.4, 0.5) is 0 Å². The number of nitrogens with zero attached hydrogens (tertiary/aromatic N) is 2. The molecule has 0 unspecified atom stereocenters. The summed E-state index contributed by atoms with van der Waals surface area (Å²) in [4.78, 5) is 15.0. The summed E-state index contributed by atoms with van der Waals surface area (Å²) in [6, 6.07) is 22.3. The van der Waals surface area contributed by atoms with E-state index in [9.17, 15) is 4.79 Å². The van der Waals surface area contributed by atoms with Crippen LogP contribution in [0.15, 0.2) is 72.9 Å². The number of hydrogen-bond donors (Lipinski definition) is 0. The zero-order valence-corrected chi connectivity index (χ0v) is 20.2. The molecular formula is C29H30N2O4. The molecule has 0 saturated heterocycles. The van der Waals surface area contributed by atoms with Gasteiger partial charge in [0.2, 0.25) is 5.91 Å². The lowest BCUT2D eigenvalue weighted by molar-refractivity contribution is -0.132. The van der Waals surface area contributed by atoms with Crippen LogP contribution in [0, 0.1) is 0 Å². The molecule has 0 radical (unpaired) electrons. The van der Waals surface area contributed by atoms with Crippen molar-refractivity contribution >= 4 is 16.8 Å². The van der Waals surface area contributed by atoms with Crippen molar-refractivity contribution in [1.29, 1.82) is 0 Å². The van der Waals surface area contributed by atoms with Crippen molar-refractivity contribution in [2.24, 2.45) is 0 Å². The van der Waals surface area contributed by atoms with E-state index in [0.717, 1.165) is 39.9 Å². The van der Waals surface area contributed by atoms with Crippen LogP contribution in [0.1, 0.15) is 23.1 Å². The van der Waals surface area contributed by atoms with Gasteiger partial charge in [-0.25, -0.2) is 0 Å². The Kier molecular flexibility index (Phi) is 6.62. The normalized spacial score (nSPS) is 12.9. The Bertz CT molecular complexity index is 1330. The van der Waals surface area contributed by atoms with Crippen molar-refractivity contribution < 1.29 is 19.0 Å². The minimum atomic E-state index is 0.156. The minimum absolute atomic E-state index is 0.156. The number of hydrogen-bond acceptors (Lipinski definition) is 4. The number of methoxy groups -OCH3 is 2. The van der Waals surface area contributed by atoms with E-state index >= 15 is 0 Å². The second kappa shape index (κ2) is 10.1. The molecule has 0 aliphatic carbocycles. The molecule has 180 valence electrons. The summed E-state index contributed by atoms with van der Waals surface area (Å²) in [5.74, 6) is 2.41. The second-order valence-electron chi connectivity index (χ2n) is 8.80. The van der Waals surface area contributed by atoms with Gasteiger partial charge in [-0.05, 0) is 58.8 Å². The molecule has 0 atom stereocenters. The van der Waals surface area contributed by atoms with Gasteiger partial charge in [0.1, 0.15) is 12.4 Å². The summed E-state index contributed by atoms with van der Waals surface area (Å²) in [7, 11) is 3.28. The van der Waals surface area contributed by atoms with E-state index in [1.54, 1.807) is 14.2 Å². The molecule has 0 bridgehead atoms. The highest BCUT2D eigenvalue weighted by Crippen LogP contribution is 2.33. The third-order valence-corrected chi connectivity index (χ3v) is 6.63. The molecule has 1 aliphatic rings. The highest BCUT2D eigenvalue weighted by Gasteiger charge is 2.22. The van der Waals surface area contributed by atoms with Crippen LogP contribution in [0.2, 0.25) is 0 Å². The third kappa shape index (κ3) is 4.97. The highest BCUT2D eigenvalue weighted by molar-refractivity contribution is 5.82. The van der Waals surface area contributed by atoms with Crippen LogP contribution in [-0.2, 0) is 30.9 Å². The first-order chi connectivity index (χ1) is 17.1. The Morgan fingerprint density at radius 2 is 1.69 bits per heavy atom. The first-order valence-corrected chi connectivity index (χ1v) is 11.9. The van der Waals surface area contributed by atoms with Gasteiger partial charge in [0.25, 0.3) is 0 Å². The number of benzene rings is 3. The van der Waals surface area contributed by atoms with Crippen LogP contribution >= 0.6 is 0 Å². The van der Waals surface area contributed by atoms with Crippen LogP contribution in [0.3, 0.4) is 0 Å². The number of rotatable bonds is 8. The zero-order chi connectivity index (χ0) is 24.2. The predicted molar refractivity (Wildman–Crippen MR) is 136 cm³/mol. The zero-order valence-electron chi connectivity index (χ0n) is 20.2. The van der Waals surface area contributed by atoms with E-state index in [-0.39, 0.29) is 5.91 Å². The van der Waals surface area contributed by atoms with Crippen molar-refractivity contribution in [3.05, 3.63) is 89.6 Å². The molecule has 6 nitrogen and oxygen atoms in total. The molecule has 3 aromatic carbocycles. The monoisotopic (exact) mass is 470 g/mol. The Labute approximate surface area is 205 Å². The molecule has 35 heavy (non-hydrogen) atoms. The Balaban J connectivity index is 1.23. The van der Waals surface area contributed by atoms with E-state index in [2.05, 4.69) is 34.9 Å². The van der Waals surface area contributed by atoms with Gasteiger partial charge in [-0.15, -0.1) is 0 Å². The number of fused-ring (bicyclic) bond motifs is 2. The number of carbonyl (C=O) groups excluding carboxylic acids is 1. The Hall–Kier alpha value is -3.93. The molecule has 4 aromatic rings. The molecule has 2 heterocycles. The van der Waals surface area contributed by atoms with Gasteiger partial charge in [0, 0.05) is 38.3 Å². The van der Waals surface area contributed by atoms with E-state index < -0.39 is 0 Å². The summed E-state index contributed by atoms with van der Waals surface area (Å²) < 4.78 is 19.0. The number of aryl methyl sites for hydroxylation is 1. The van der Waals surface area contributed by atoms with Crippen molar-refractivity contribution in [2.45, 2.75) is 32.5 Å². The molecule has 0 N–H and O–H groups in total.